The van der Waals surface area contributed by atoms with Gasteiger partial charge in [0.05, 0.1) is 6.54 Å². The summed E-state index contributed by atoms with van der Waals surface area (Å²) in [5, 5.41) is 3.36. The van der Waals surface area contributed by atoms with Gasteiger partial charge in [-0.15, -0.1) is 0 Å². The van der Waals surface area contributed by atoms with E-state index in [0.717, 1.165) is 24.6 Å². The SMILES string of the molecule is Cc1ccc(CNCc2ncc(C)[nH]2)cc1. The highest BCUT2D eigenvalue weighted by Gasteiger charge is 1.97. The van der Waals surface area contributed by atoms with Crippen molar-refractivity contribution in [3.63, 3.8) is 0 Å². The van der Waals surface area contributed by atoms with Crippen molar-refractivity contribution >= 4 is 0 Å². The lowest BCUT2D eigenvalue weighted by atomic mass is 10.1. The summed E-state index contributed by atoms with van der Waals surface area (Å²) in [5.74, 6) is 0.990. The Hall–Kier alpha value is -1.61. The van der Waals surface area contributed by atoms with Crippen LogP contribution in [0.2, 0.25) is 0 Å². The lowest BCUT2D eigenvalue weighted by Crippen LogP contribution is -2.13. The van der Waals surface area contributed by atoms with Crippen molar-refractivity contribution in [2.45, 2.75) is 26.9 Å². The van der Waals surface area contributed by atoms with Crippen molar-refractivity contribution in [2.75, 3.05) is 0 Å². The second kappa shape index (κ2) is 4.94. The molecule has 0 amide bonds. The van der Waals surface area contributed by atoms with Gasteiger partial charge in [-0.1, -0.05) is 29.8 Å². The van der Waals surface area contributed by atoms with Gasteiger partial charge in [-0.25, -0.2) is 4.98 Å². The van der Waals surface area contributed by atoms with Gasteiger partial charge in [0.1, 0.15) is 5.82 Å². The lowest BCUT2D eigenvalue weighted by molar-refractivity contribution is 0.668. The van der Waals surface area contributed by atoms with Crippen molar-refractivity contribution < 1.29 is 0 Å². The summed E-state index contributed by atoms with van der Waals surface area (Å²) in [4.78, 5) is 7.44. The number of rotatable bonds is 4. The fourth-order valence-corrected chi connectivity index (χ4v) is 1.59. The van der Waals surface area contributed by atoms with Crippen LogP contribution in [0, 0.1) is 13.8 Å². The third-order valence-electron chi connectivity index (χ3n) is 2.50. The highest BCUT2D eigenvalue weighted by atomic mass is 15.0. The molecule has 0 saturated carbocycles. The molecule has 0 aliphatic heterocycles. The van der Waals surface area contributed by atoms with Crippen LogP contribution in [0.3, 0.4) is 0 Å². The molecule has 2 aromatic rings. The van der Waals surface area contributed by atoms with E-state index in [-0.39, 0.29) is 0 Å². The van der Waals surface area contributed by atoms with Gasteiger partial charge in [0.15, 0.2) is 0 Å². The lowest BCUT2D eigenvalue weighted by Gasteiger charge is -2.03. The first kappa shape index (κ1) is 10.9. The second-order valence-electron chi connectivity index (χ2n) is 4.10. The average molecular weight is 215 g/mol. The van der Waals surface area contributed by atoms with E-state index in [9.17, 15) is 0 Å². The van der Waals surface area contributed by atoms with Crippen molar-refractivity contribution in [3.05, 3.63) is 53.1 Å². The Morgan fingerprint density at radius 3 is 2.50 bits per heavy atom. The number of hydrogen-bond donors (Lipinski definition) is 2. The van der Waals surface area contributed by atoms with Crippen LogP contribution in [0.1, 0.15) is 22.6 Å². The third-order valence-corrected chi connectivity index (χ3v) is 2.50. The Labute approximate surface area is 95.9 Å². The number of H-pyrrole nitrogens is 1. The van der Waals surface area contributed by atoms with Crippen LogP contribution < -0.4 is 5.32 Å². The Morgan fingerprint density at radius 2 is 1.88 bits per heavy atom. The predicted octanol–water partition coefficient (Wildman–Crippen LogP) is 2.32. The minimum atomic E-state index is 0.779. The number of aromatic amines is 1. The highest BCUT2D eigenvalue weighted by Crippen LogP contribution is 2.03. The van der Waals surface area contributed by atoms with Gasteiger partial charge in [-0.05, 0) is 19.4 Å². The molecule has 2 N–H and O–H groups in total. The molecule has 1 aromatic carbocycles. The van der Waals surface area contributed by atoms with Crippen LogP contribution in [-0.4, -0.2) is 9.97 Å². The number of nitrogens with one attached hydrogen (secondary N) is 2. The number of aromatic nitrogens is 2. The maximum atomic E-state index is 4.24. The summed E-state index contributed by atoms with van der Waals surface area (Å²) in [6.07, 6.45) is 1.85. The topological polar surface area (TPSA) is 40.7 Å². The van der Waals surface area contributed by atoms with E-state index in [0.29, 0.717) is 0 Å². The van der Waals surface area contributed by atoms with E-state index in [1.54, 1.807) is 0 Å². The molecule has 16 heavy (non-hydrogen) atoms. The maximum absolute atomic E-state index is 4.24. The van der Waals surface area contributed by atoms with Crippen LogP contribution in [0.15, 0.2) is 30.5 Å². The van der Waals surface area contributed by atoms with E-state index in [2.05, 4.69) is 46.5 Å². The fourth-order valence-electron chi connectivity index (χ4n) is 1.59. The fraction of sp³-hybridized carbons (Fsp3) is 0.308. The molecule has 1 aromatic heterocycles. The zero-order valence-electron chi connectivity index (χ0n) is 9.75. The van der Waals surface area contributed by atoms with Gasteiger partial charge in [-0.2, -0.15) is 0 Å². The first-order valence-electron chi connectivity index (χ1n) is 5.51. The third kappa shape index (κ3) is 2.94. The van der Waals surface area contributed by atoms with Crippen LogP contribution >= 0.6 is 0 Å². The molecule has 0 saturated heterocycles. The van der Waals surface area contributed by atoms with Gasteiger partial charge in [0.2, 0.25) is 0 Å². The molecule has 0 aliphatic rings. The standard InChI is InChI=1S/C13H17N3/c1-10-3-5-12(6-4-10)8-14-9-13-15-7-11(2)16-13/h3-7,14H,8-9H2,1-2H3,(H,15,16). The van der Waals surface area contributed by atoms with Gasteiger partial charge in [0.25, 0.3) is 0 Å². The minimum absolute atomic E-state index is 0.779. The Morgan fingerprint density at radius 1 is 1.12 bits per heavy atom. The first-order chi connectivity index (χ1) is 7.74. The van der Waals surface area contributed by atoms with Gasteiger partial charge in [0, 0.05) is 18.4 Å². The van der Waals surface area contributed by atoms with Gasteiger partial charge < -0.3 is 10.3 Å². The summed E-state index contributed by atoms with van der Waals surface area (Å²) in [5.41, 5.74) is 3.70. The van der Waals surface area contributed by atoms with Crippen LogP contribution in [0.5, 0.6) is 0 Å². The molecule has 84 valence electrons. The van der Waals surface area contributed by atoms with Crippen molar-refractivity contribution in [1.29, 1.82) is 0 Å². The quantitative estimate of drug-likeness (QED) is 0.821. The molecular weight excluding hydrogens is 198 g/mol. The summed E-state index contributed by atoms with van der Waals surface area (Å²) in [6.45, 7) is 5.76. The second-order valence-corrected chi connectivity index (χ2v) is 4.10. The average Bonchev–Trinajstić information content (AvgIpc) is 2.67. The van der Waals surface area contributed by atoms with E-state index >= 15 is 0 Å². The Bertz CT molecular complexity index is 442. The van der Waals surface area contributed by atoms with E-state index in [4.69, 9.17) is 0 Å². The van der Waals surface area contributed by atoms with Gasteiger partial charge >= 0.3 is 0 Å². The van der Waals surface area contributed by atoms with Crippen molar-refractivity contribution in [2.24, 2.45) is 0 Å². The zero-order chi connectivity index (χ0) is 11.4. The smallest absolute Gasteiger partial charge is 0.120 e. The number of nitrogens with zero attached hydrogens (tertiary/aromatic N) is 1. The van der Waals surface area contributed by atoms with Crippen molar-refractivity contribution in [1.82, 2.24) is 15.3 Å². The molecule has 0 spiro atoms. The predicted molar refractivity (Wildman–Crippen MR) is 65.0 cm³/mol. The summed E-state index contributed by atoms with van der Waals surface area (Å²) >= 11 is 0. The summed E-state index contributed by atoms with van der Waals surface area (Å²) in [7, 11) is 0. The summed E-state index contributed by atoms with van der Waals surface area (Å²) in [6, 6.07) is 8.56. The molecular formula is C13H17N3. The molecule has 3 nitrogen and oxygen atoms in total. The van der Waals surface area contributed by atoms with Crippen LogP contribution in [0.4, 0.5) is 0 Å². The maximum Gasteiger partial charge on any atom is 0.120 e. The van der Waals surface area contributed by atoms with E-state index in [1.165, 1.54) is 11.1 Å². The monoisotopic (exact) mass is 215 g/mol. The van der Waals surface area contributed by atoms with E-state index < -0.39 is 0 Å². The molecule has 1 heterocycles. The Kier molecular flexibility index (Phi) is 3.37. The number of benzene rings is 1. The normalized spacial score (nSPS) is 10.6. The molecule has 2 rings (SSSR count). The first-order valence-corrected chi connectivity index (χ1v) is 5.51. The van der Waals surface area contributed by atoms with Crippen molar-refractivity contribution in [3.8, 4) is 0 Å². The van der Waals surface area contributed by atoms with Crippen LogP contribution in [-0.2, 0) is 13.1 Å². The zero-order valence-corrected chi connectivity index (χ0v) is 9.75. The molecule has 0 unspecified atom stereocenters. The molecule has 0 radical (unpaired) electrons. The number of aryl methyl sites for hydroxylation is 2. The minimum Gasteiger partial charge on any atom is -0.345 e. The number of imidazole rings is 1. The molecule has 0 aliphatic carbocycles. The largest absolute Gasteiger partial charge is 0.345 e. The molecule has 0 fully saturated rings. The highest BCUT2D eigenvalue weighted by molar-refractivity contribution is 5.21. The number of hydrogen-bond acceptors (Lipinski definition) is 2. The summed E-state index contributed by atoms with van der Waals surface area (Å²) < 4.78 is 0. The van der Waals surface area contributed by atoms with Crippen LogP contribution in [0.25, 0.3) is 0 Å². The molecule has 0 atom stereocenters. The molecule has 3 heteroatoms. The molecule has 0 bridgehead atoms. The van der Waals surface area contributed by atoms with E-state index in [1.807, 2.05) is 13.1 Å². The van der Waals surface area contributed by atoms with Gasteiger partial charge in [-0.3, -0.25) is 0 Å². The Balaban J connectivity index is 1.82.